The van der Waals surface area contributed by atoms with Gasteiger partial charge in [-0.3, -0.25) is 0 Å². The Morgan fingerprint density at radius 1 is 1.15 bits per heavy atom. The molecule has 13 heavy (non-hydrogen) atoms. The number of hydrogen-bond donors (Lipinski definition) is 1. The van der Waals surface area contributed by atoms with Crippen LogP contribution >= 0.6 is 0 Å². The molecule has 2 atom stereocenters. The van der Waals surface area contributed by atoms with Gasteiger partial charge in [0.05, 0.1) is 12.0 Å². The van der Waals surface area contributed by atoms with Gasteiger partial charge in [0.2, 0.25) is 0 Å². The number of fused-ring (bicyclic) bond motifs is 1. The van der Waals surface area contributed by atoms with Gasteiger partial charge in [-0.1, -0.05) is 12.8 Å². The van der Waals surface area contributed by atoms with Gasteiger partial charge in [0, 0.05) is 0 Å². The zero-order chi connectivity index (χ0) is 9.69. The molecule has 76 valence electrons. The Bertz CT molecular complexity index is 199. The predicted molar refractivity (Wildman–Crippen MR) is 41.1 cm³/mol. The van der Waals surface area contributed by atoms with Crippen molar-refractivity contribution in [3.05, 3.63) is 0 Å². The van der Waals surface area contributed by atoms with Crippen molar-refractivity contribution in [1.29, 1.82) is 0 Å². The van der Waals surface area contributed by atoms with Crippen molar-refractivity contribution in [2.24, 2.45) is 11.8 Å². The molecule has 2 saturated carbocycles. The minimum Gasteiger partial charge on any atom is -0.389 e. The van der Waals surface area contributed by atoms with E-state index in [0.29, 0.717) is 0 Å². The highest BCUT2D eigenvalue weighted by atomic mass is 19.4. The molecule has 0 aromatic heterocycles. The molecule has 0 bridgehead atoms. The fourth-order valence-electron chi connectivity index (χ4n) is 2.80. The van der Waals surface area contributed by atoms with E-state index in [1.807, 2.05) is 0 Å². The van der Waals surface area contributed by atoms with Crippen molar-refractivity contribution in [1.82, 2.24) is 0 Å². The second-order valence-electron chi connectivity index (χ2n) is 4.28. The molecule has 0 aromatic rings. The predicted octanol–water partition coefficient (Wildman–Crippen LogP) is 2.49. The van der Waals surface area contributed by atoms with Crippen LogP contribution in [0.25, 0.3) is 0 Å². The lowest BCUT2D eigenvalue weighted by Crippen LogP contribution is -2.23. The van der Waals surface area contributed by atoms with E-state index in [2.05, 4.69) is 0 Å². The summed E-state index contributed by atoms with van der Waals surface area (Å²) in [4.78, 5) is 0. The quantitative estimate of drug-likeness (QED) is 0.680. The molecule has 0 amide bonds. The van der Waals surface area contributed by atoms with Gasteiger partial charge in [-0.25, -0.2) is 0 Å². The Hall–Kier alpha value is -0.250. The van der Waals surface area contributed by atoms with Crippen LogP contribution < -0.4 is 0 Å². The Morgan fingerprint density at radius 2 is 1.62 bits per heavy atom. The van der Waals surface area contributed by atoms with E-state index < -0.39 is 18.2 Å². The van der Waals surface area contributed by atoms with E-state index in [0.717, 1.165) is 25.7 Å². The number of hydrogen-bond acceptors (Lipinski definition) is 1. The first-order chi connectivity index (χ1) is 5.93. The fourth-order valence-corrected chi connectivity index (χ4v) is 2.80. The maximum Gasteiger partial charge on any atom is 0.391 e. The van der Waals surface area contributed by atoms with Crippen molar-refractivity contribution in [3.8, 4) is 0 Å². The molecule has 0 radical (unpaired) electrons. The molecule has 2 rings (SSSR count). The lowest BCUT2D eigenvalue weighted by Gasteiger charge is -2.12. The zero-order valence-electron chi connectivity index (χ0n) is 7.27. The van der Waals surface area contributed by atoms with Crippen LogP contribution in [0.15, 0.2) is 0 Å². The van der Waals surface area contributed by atoms with Gasteiger partial charge < -0.3 is 5.11 Å². The van der Waals surface area contributed by atoms with Gasteiger partial charge in [-0.2, -0.15) is 13.2 Å². The molecule has 2 aliphatic rings. The minimum atomic E-state index is -4.22. The normalized spacial score (nSPS) is 44.3. The molecule has 2 fully saturated rings. The van der Waals surface area contributed by atoms with E-state index in [-0.39, 0.29) is 11.8 Å². The highest BCUT2D eigenvalue weighted by Gasteiger charge is 2.66. The molecule has 2 unspecified atom stereocenters. The van der Waals surface area contributed by atoms with Gasteiger partial charge in [0.1, 0.15) is 0 Å². The minimum absolute atomic E-state index is 0.0668. The average Bonchev–Trinajstić information content (AvgIpc) is 2.55. The lowest BCUT2D eigenvalue weighted by atomic mass is 10.0. The summed E-state index contributed by atoms with van der Waals surface area (Å²) in [5.74, 6) is -0.134. The average molecular weight is 194 g/mol. The Labute approximate surface area is 74.9 Å². The molecule has 0 heterocycles. The standard InChI is InChI=1S/C9H13F3O/c10-9(11,12)5-8(13)6-3-1-2-4-7(6)8/h6-7,13H,1-5H2. The van der Waals surface area contributed by atoms with E-state index in [9.17, 15) is 18.3 Å². The van der Waals surface area contributed by atoms with Crippen LogP contribution in [0.4, 0.5) is 13.2 Å². The van der Waals surface area contributed by atoms with E-state index >= 15 is 0 Å². The summed E-state index contributed by atoms with van der Waals surface area (Å²) < 4.78 is 36.2. The van der Waals surface area contributed by atoms with Crippen LogP contribution in [0, 0.1) is 11.8 Å². The van der Waals surface area contributed by atoms with Crippen molar-refractivity contribution in [3.63, 3.8) is 0 Å². The summed E-state index contributed by atoms with van der Waals surface area (Å²) in [5.41, 5.74) is -1.39. The molecule has 2 aliphatic carbocycles. The Morgan fingerprint density at radius 3 is 2.00 bits per heavy atom. The monoisotopic (exact) mass is 194 g/mol. The summed E-state index contributed by atoms with van der Waals surface area (Å²) in [5, 5.41) is 9.70. The molecule has 0 aliphatic heterocycles. The highest BCUT2D eigenvalue weighted by molar-refractivity contribution is 5.13. The summed E-state index contributed by atoms with van der Waals surface area (Å²) in [6.07, 6.45) is -1.72. The van der Waals surface area contributed by atoms with E-state index in [1.54, 1.807) is 0 Å². The van der Waals surface area contributed by atoms with Gasteiger partial charge in [-0.15, -0.1) is 0 Å². The van der Waals surface area contributed by atoms with Crippen molar-refractivity contribution < 1.29 is 18.3 Å². The molecule has 0 aromatic carbocycles. The molecular formula is C9H13F3O. The van der Waals surface area contributed by atoms with Crippen LogP contribution in [-0.2, 0) is 0 Å². The maximum absolute atomic E-state index is 12.1. The Kier molecular flexibility index (Phi) is 1.88. The van der Waals surface area contributed by atoms with Crippen LogP contribution in [0.5, 0.6) is 0 Å². The first-order valence-electron chi connectivity index (χ1n) is 4.72. The largest absolute Gasteiger partial charge is 0.391 e. The number of halogens is 3. The summed E-state index contributed by atoms with van der Waals surface area (Å²) >= 11 is 0. The van der Waals surface area contributed by atoms with Crippen molar-refractivity contribution in [2.75, 3.05) is 0 Å². The van der Waals surface area contributed by atoms with Crippen molar-refractivity contribution in [2.45, 2.75) is 43.9 Å². The van der Waals surface area contributed by atoms with E-state index in [4.69, 9.17) is 0 Å². The van der Waals surface area contributed by atoms with Crippen LogP contribution in [-0.4, -0.2) is 16.9 Å². The topological polar surface area (TPSA) is 20.2 Å². The number of aliphatic hydroxyl groups is 1. The number of rotatable bonds is 1. The third-order valence-electron chi connectivity index (χ3n) is 3.42. The first-order valence-corrected chi connectivity index (χ1v) is 4.72. The molecule has 4 heteroatoms. The number of alkyl halides is 3. The summed E-state index contributed by atoms with van der Waals surface area (Å²) in [6, 6.07) is 0. The SMILES string of the molecule is OC1(CC(F)(F)F)C2CCCCC21. The van der Waals surface area contributed by atoms with Crippen LogP contribution in [0.3, 0.4) is 0 Å². The van der Waals surface area contributed by atoms with Gasteiger partial charge in [0.25, 0.3) is 0 Å². The molecule has 0 saturated heterocycles. The second kappa shape index (κ2) is 2.62. The summed E-state index contributed by atoms with van der Waals surface area (Å²) in [6.45, 7) is 0. The van der Waals surface area contributed by atoms with Gasteiger partial charge in [0.15, 0.2) is 0 Å². The maximum atomic E-state index is 12.1. The molecular weight excluding hydrogens is 181 g/mol. The van der Waals surface area contributed by atoms with Crippen molar-refractivity contribution >= 4 is 0 Å². The lowest BCUT2D eigenvalue weighted by molar-refractivity contribution is -0.161. The molecule has 1 nitrogen and oxygen atoms in total. The highest BCUT2D eigenvalue weighted by Crippen LogP contribution is 2.62. The van der Waals surface area contributed by atoms with Gasteiger partial charge >= 0.3 is 6.18 Å². The second-order valence-corrected chi connectivity index (χ2v) is 4.28. The van der Waals surface area contributed by atoms with Gasteiger partial charge in [-0.05, 0) is 24.7 Å². The van der Waals surface area contributed by atoms with Crippen LogP contribution in [0.2, 0.25) is 0 Å². The zero-order valence-corrected chi connectivity index (χ0v) is 7.27. The van der Waals surface area contributed by atoms with E-state index in [1.165, 1.54) is 0 Å². The third-order valence-corrected chi connectivity index (χ3v) is 3.42. The Balaban J connectivity index is 2.00. The smallest absolute Gasteiger partial charge is 0.389 e. The molecule has 0 spiro atoms. The molecule has 1 N–H and O–H groups in total. The van der Waals surface area contributed by atoms with Crippen LogP contribution in [0.1, 0.15) is 32.1 Å². The third kappa shape index (κ3) is 1.56. The summed E-state index contributed by atoms with van der Waals surface area (Å²) in [7, 11) is 0. The fraction of sp³-hybridized carbons (Fsp3) is 1.00. The first kappa shape index (κ1) is 9.31.